The van der Waals surface area contributed by atoms with Gasteiger partial charge in [0.1, 0.15) is 18.3 Å². The molecule has 1 atom stereocenters. The molecule has 2 aromatic rings. The molecule has 1 saturated carbocycles. The summed E-state index contributed by atoms with van der Waals surface area (Å²) in [5.41, 5.74) is 5.65. The number of pyridine rings is 2. The predicted octanol–water partition coefficient (Wildman–Crippen LogP) is 0.709. The number of amides is 1. The first-order chi connectivity index (χ1) is 18.7. The van der Waals surface area contributed by atoms with E-state index in [9.17, 15) is 32.3 Å². The van der Waals surface area contributed by atoms with Crippen LogP contribution in [0.25, 0.3) is 11.0 Å². The molecule has 0 radical (unpaired) electrons. The van der Waals surface area contributed by atoms with Crippen molar-refractivity contribution in [3.63, 3.8) is 0 Å². The number of anilines is 1. The standard InChI is InChI=1S/C18H20FN5O4.C5H9NO.CH4O3S/c1-28-22-14-8-23(6-9(14)5-20)17-13(19)4-11-15(25)12(18(26)27)7-24(10-2-3-10)16(11)21-17;1-6-4-2-3-5(6)7;1-5(2,3)4/h4,7,9-10H,2-3,5-6,8,20H2,1H3,(H,26,27);2-4H2,1H3;1H3,(H,2,3,4)/t9-;;/m0../s1. The maximum atomic E-state index is 14.9. The summed E-state index contributed by atoms with van der Waals surface area (Å²) >= 11 is 0. The highest BCUT2D eigenvalue weighted by atomic mass is 32.2. The van der Waals surface area contributed by atoms with Crippen molar-refractivity contribution in [2.75, 3.05) is 51.5 Å². The summed E-state index contributed by atoms with van der Waals surface area (Å²) in [7, 11) is -0.387. The number of carboxylic acid groups (broad SMARTS) is 1. The van der Waals surface area contributed by atoms with E-state index in [-0.39, 0.29) is 34.4 Å². The lowest BCUT2D eigenvalue weighted by Crippen LogP contribution is -2.26. The van der Waals surface area contributed by atoms with Crippen molar-refractivity contribution in [1.82, 2.24) is 14.5 Å². The number of hydrogen-bond donors (Lipinski definition) is 3. The normalized spacial score (nSPS) is 19.8. The Balaban J connectivity index is 0.000000306. The van der Waals surface area contributed by atoms with Crippen molar-refractivity contribution in [2.24, 2.45) is 16.8 Å². The average molecular weight is 585 g/mol. The minimum atomic E-state index is -3.67. The first-order valence-electron chi connectivity index (χ1n) is 12.4. The molecule has 0 unspecified atom stereocenters. The van der Waals surface area contributed by atoms with Crippen molar-refractivity contribution in [2.45, 2.75) is 31.7 Å². The van der Waals surface area contributed by atoms with Gasteiger partial charge in [-0.05, 0) is 25.3 Å². The van der Waals surface area contributed by atoms with E-state index in [2.05, 4.69) is 10.1 Å². The zero-order valence-electron chi connectivity index (χ0n) is 22.4. The lowest BCUT2D eigenvalue weighted by atomic mass is 10.1. The molecular weight excluding hydrogens is 551 g/mol. The SMILES string of the molecule is CN1CCCC1=O.CON=C1CN(c2nc3c(cc2F)c(=O)c(C(=O)O)cn3C2CC2)C[C@@H]1CN.CS(=O)(=O)O. The molecule has 5 rings (SSSR count). The van der Waals surface area contributed by atoms with Crippen molar-refractivity contribution in [1.29, 1.82) is 0 Å². The largest absolute Gasteiger partial charge is 0.477 e. The van der Waals surface area contributed by atoms with E-state index >= 15 is 0 Å². The number of nitrogens with two attached hydrogens (primary N) is 1. The number of rotatable bonds is 5. The summed E-state index contributed by atoms with van der Waals surface area (Å²) in [4.78, 5) is 47.2. The van der Waals surface area contributed by atoms with Gasteiger partial charge in [0.25, 0.3) is 10.1 Å². The van der Waals surface area contributed by atoms with E-state index in [0.29, 0.717) is 37.5 Å². The van der Waals surface area contributed by atoms with Gasteiger partial charge in [0.05, 0.1) is 23.9 Å². The van der Waals surface area contributed by atoms with Crippen molar-refractivity contribution < 1.29 is 36.9 Å². The van der Waals surface area contributed by atoms with E-state index in [1.54, 1.807) is 14.4 Å². The van der Waals surface area contributed by atoms with Gasteiger partial charge in [-0.2, -0.15) is 8.42 Å². The third-order valence-electron chi connectivity index (χ3n) is 6.48. The number of carboxylic acids is 1. The van der Waals surface area contributed by atoms with Gasteiger partial charge >= 0.3 is 5.97 Å². The number of oxime groups is 1. The fourth-order valence-corrected chi connectivity index (χ4v) is 4.38. The van der Waals surface area contributed by atoms with Gasteiger partial charge < -0.3 is 30.0 Å². The molecule has 0 aromatic carbocycles. The molecule has 16 heteroatoms. The second kappa shape index (κ2) is 12.7. The number of likely N-dealkylation sites (tertiary alicyclic amines) is 1. The molecule has 3 fully saturated rings. The highest BCUT2D eigenvalue weighted by Gasteiger charge is 2.33. The van der Waals surface area contributed by atoms with E-state index < -0.39 is 27.3 Å². The third-order valence-corrected chi connectivity index (χ3v) is 6.48. The Labute approximate surface area is 229 Å². The average Bonchev–Trinajstić information content (AvgIpc) is 3.53. The fourth-order valence-electron chi connectivity index (χ4n) is 4.38. The van der Waals surface area contributed by atoms with E-state index in [1.807, 2.05) is 7.05 Å². The molecule has 14 nitrogen and oxygen atoms in total. The molecule has 0 spiro atoms. The van der Waals surface area contributed by atoms with Gasteiger partial charge in [-0.25, -0.2) is 14.2 Å². The summed E-state index contributed by atoms with van der Waals surface area (Å²) in [5.74, 6) is -1.73. The monoisotopic (exact) mass is 584 g/mol. The zero-order valence-corrected chi connectivity index (χ0v) is 23.2. The second-order valence-electron chi connectivity index (χ2n) is 9.71. The van der Waals surface area contributed by atoms with Crippen LogP contribution in [0.3, 0.4) is 0 Å². The number of aromatic nitrogens is 2. The second-order valence-corrected chi connectivity index (χ2v) is 11.2. The fraction of sp³-hybridized carbons (Fsp3) is 0.542. The molecule has 4 N–H and O–H groups in total. The van der Waals surface area contributed by atoms with Crippen molar-refractivity contribution in [3.05, 3.63) is 33.9 Å². The maximum absolute atomic E-state index is 14.9. The summed E-state index contributed by atoms with van der Waals surface area (Å²) in [6.07, 6.45) is 5.55. The van der Waals surface area contributed by atoms with Crippen molar-refractivity contribution in [3.8, 4) is 0 Å². The number of carbonyl (C=O) groups excluding carboxylic acids is 1. The Morgan fingerprint density at radius 3 is 2.42 bits per heavy atom. The molecular formula is C24H33FN6O8S. The Morgan fingerprint density at radius 2 is 1.98 bits per heavy atom. The predicted molar refractivity (Wildman–Crippen MR) is 145 cm³/mol. The maximum Gasteiger partial charge on any atom is 0.341 e. The topological polar surface area (TPSA) is 198 Å². The van der Waals surface area contributed by atoms with Gasteiger partial charge in [-0.3, -0.25) is 14.1 Å². The summed E-state index contributed by atoms with van der Waals surface area (Å²) in [6, 6.07) is 1.14. The highest BCUT2D eigenvalue weighted by Crippen LogP contribution is 2.37. The van der Waals surface area contributed by atoms with Gasteiger partial charge in [0.2, 0.25) is 11.3 Å². The molecule has 4 heterocycles. The first-order valence-corrected chi connectivity index (χ1v) is 14.3. The Morgan fingerprint density at radius 1 is 1.32 bits per heavy atom. The minimum absolute atomic E-state index is 0.0339. The Kier molecular flexibility index (Phi) is 9.81. The van der Waals surface area contributed by atoms with E-state index in [0.717, 1.165) is 38.3 Å². The van der Waals surface area contributed by atoms with E-state index in [1.165, 1.54) is 13.3 Å². The molecule has 3 aliphatic rings. The smallest absolute Gasteiger partial charge is 0.341 e. The van der Waals surface area contributed by atoms with Crippen LogP contribution in [-0.4, -0.2) is 96.7 Å². The van der Waals surface area contributed by atoms with Gasteiger partial charge in [0.15, 0.2) is 11.6 Å². The van der Waals surface area contributed by atoms with Crippen LogP contribution in [0.1, 0.15) is 42.1 Å². The Hall–Kier alpha value is -3.63. The van der Waals surface area contributed by atoms with Crippen LogP contribution < -0.4 is 16.1 Å². The van der Waals surface area contributed by atoms with Crippen molar-refractivity contribution >= 4 is 44.6 Å². The minimum Gasteiger partial charge on any atom is -0.477 e. The number of fused-ring (bicyclic) bond motifs is 1. The molecule has 0 bridgehead atoms. The molecule has 2 aromatic heterocycles. The number of carbonyl (C=O) groups is 2. The zero-order chi connectivity index (χ0) is 29.8. The lowest BCUT2D eigenvalue weighted by Gasteiger charge is -2.19. The Bertz CT molecular complexity index is 1470. The van der Waals surface area contributed by atoms with E-state index in [4.69, 9.17) is 15.1 Å². The molecule has 1 aliphatic carbocycles. The third kappa shape index (κ3) is 7.73. The number of nitrogens with zero attached hydrogens (tertiary/aromatic N) is 5. The first kappa shape index (κ1) is 30.9. The molecule has 220 valence electrons. The van der Waals surface area contributed by atoms with Gasteiger partial charge in [-0.1, -0.05) is 5.16 Å². The van der Waals surface area contributed by atoms with Gasteiger partial charge in [0, 0.05) is 51.3 Å². The summed E-state index contributed by atoms with van der Waals surface area (Å²) in [5, 5.41) is 13.2. The van der Waals surface area contributed by atoms with Gasteiger partial charge in [-0.15, -0.1) is 0 Å². The molecule has 40 heavy (non-hydrogen) atoms. The van der Waals surface area contributed by atoms with Crippen LogP contribution in [0.2, 0.25) is 0 Å². The van der Waals surface area contributed by atoms with Crippen LogP contribution >= 0.6 is 0 Å². The van der Waals surface area contributed by atoms with Crippen LogP contribution in [-0.2, 0) is 19.8 Å². The number of hydrogen-bond acceptors (Lipinski definition) is 10. The highest BCUT2D eigenvalue weighted by molar-refractivity contribution is 7.85. The summed E-state index contributed by atoms with van der Waals surface area (Å²) < 4.78 is 42.4. The quantitative estimate of drug-likeness (QED) is 0.330. The van der Waals surface area contributed by atoms with Crippen LogP contribution in [0.5, 0.6) is 0 Å². The number of aromatic carboxylic acids is 1. The van der Waals surface area contributed by atoms with Crippen LogP contribution in [0, 0.1) is 11.7 Å². The lowest BCUT2D eigenvalue weighted by molar-refractivity contribution is -0.126. The van der Waals surface area contributed by atoms with Crippen LogP contribution in [0.4, 0.5) is 10.2 Å². The van der Waals surface area contributed by atoms with Crippen LogP contribution in [0.15, 0.2) is 22.2 Å². The number of halogens is 1. The summed E-state index contributed by atoms with van der Waals surface area (Å²) in [6.45, 7) is 2.03. The molecule has 2 aliphatic heterocycles. The molecule has 2 saturated heterocycles. The molecule has 1 amide bonds.